The minimum atomic E-state index is 0.622. The predicted molar refractivity (Wildman–Crippen MR) is 109 cm³/mol. The molecule has 0 saturated carbocycles. The molecule has 0 unspecified atom stereocenters. The van der Waals surface area contributed by atoms with E-state index in [4.69, 9.17) is 28.8 Å². The quantitative estimate of drug-likeness (QED) is 0.245. The van der Waals surface area contributed by atoms with Gasteiger partial charge in [-0.2, -0.15) is 0 Å². The van der Waals surface area contributed by atoms with Gasteiger partial charge in [-0.3, -0.25) is 0 Å². The number of H-pyrrole nitrogens is 1. The highest BCUT2D eigenvalue weighted by atomic mass is 35.5. The van der Waals surface area contributed by atoms with Crippen molar-refractivity contribution < 1.29 is 0 Å². The second-order valence-corrected chi connectivity index (χ2v) is 7.98. The second-order valence-electron chi connectivity index (χ2n) is 5.33. The summed E-state index contributed by atoms with van der Waals surface area (Å²) in [6, 6.07) is 15.7. The molecule has 1 N–H and O–H groups in total. The van der Waals surface area contributed by atoms with Crippen molar-refractivity contribution in [3.63, 3.8) is 0 Å². The molecule has 2 aromatic carbocycles. The number of hydrogen-bond acceptors (Lipinski definition) is 5. The van der Waals surface area contributed by atoms with Gasteiger partial charge in [-0.25, -0.2) is 9.97 Å². The van der Waals surface area contributed by atoms with Crippen LogP contribution in [0, 0.1) is 4.64 Å². The zero-order valence-electron chi connectivity index (χ0n) is 12.9. The maximum atomic E-state index is 5.94. The summed E-state index contributed by atoms with van der Waals surface area (Å²) >= 11 is 14.6. The Bertz CT molecular complexity index is 1090. The van der Waals surface area contributed by atoms with Gasteiger partial charge in [0.05, 0.1) is 11.2 Å². The Kier molecular flexibility index (Phi) is 4.85. The molecule has 2 heterocycles. The Balaban J connectivity index is 1.52. The van der Waals surface area contributed by atoms with Crippen molar-refractivity contribution in [2.75, 3.05) is 0 Å². The largest absolute Gasteiger partial charge is 0.334 e. The van der Waals surface area contributed by atoms with Crippen molar-refractivity contribution in [3.05, 3.63) is 69.3 Å². The molecule has 0 aliphatic carbocycles. The van der Waals surface area contributed by atoms with Gasteiger partial charge in [0.2, 0.25) is 0 Å². The summed E-state index contributed by atoms with van der Waals surface area (Å²) in [5.41, 5.74) is 3.10. The molecule has 124 valence electrons. The number of hydrogen-bond donors (Lipinski definition) is 1. The molecule has 0 amide bonds. The third kappa shape index (κ3) is 3.77. The van der Waals surface area contributed by atoms with Crippen LogP contribution in [0.3, 0.4) is 0 Å². The standard InChI is InChI=1S/C18H12ClN3S3/c19-12-7-5-11(6-8-12)17-20-13(9-24-17)10-25-18-21-15-4-2-1-3-14(15)16(23)22-18/h1-9H,10H2,(H,21,22,23). The lowest BCUT2D eigenvalue weighted by molar-refractivity contribution is 0.991. The maximum Gasteiger partial charge on any atom is 0.167 e. The Hall–Kier alpha value is -1.73. The SMILES string of the molecule is S=c1nc(SCc2csc(-c3ccc(Cl)cc3)n2)[nH]c2ccccc12. The van der Waals surface area contributed by atoms with E-state index in [0.29, 0.717) is 4.64 Å². The topological polar surface area (TPSA) is 41.6 Å². The molecule has 0 radical (unpaired) electrons. The molecule has 0 saturated heterocycles. The molecule has 0 fully saturated rings. The molecule has 7 heteroatoms. The lowest BCUT2D eigenvalue weighted by Gasteiger charge is -2.03. The zero-order valence-corrected chi connectivity index (χ0v) is 16.1. The highest BCUT2D eigenvalue weighted by Gasteiger charge is 2.07. The van der Waals surface area contributed by atoms with E-state index in [-0.39, 0.29) is 0 Å². The lowest BCUT2D eigenvalue weighted by Crippen LogP contribution is -1.90. The molecule has 0 aliphatic heterocycles. The first kappa shape index (κ1) is 16.7. The smallest absolute Gasteiger partial charge is 0.167 e. The van der Waals surface area contributed by atoms with Crippen LogP contribution in [0.25, 0.3) is 21.5 Å². The molecule has 0 bridgehead atoms. The van der Waals surface area contributed by atoms with E-state index in [1.165, 1.54) is 0 Å². The summed E-state index contributed by atoms with van der Waals surface area (Å²) < 4.78 is 0.622. The van der Waals surface area contributed by atoms with E-state index in [1.54, 1.807) is 23.1 Å². The molecule has 4 rings (SSSR count). The van der Waals surface area contributed by atoms with E-state index in [0.717, 1.165) is 43.1 Å². The molecule has 0 atom stereocenters. The van der Waals surface area contributed by atoms with Crippen LogP contribution in [0.1, 0.15) is 5.69 Å². The monoisotopic (exact) mass is 401 g/mol. The molecular formula is C18H12ClN3S3. The van der Waals surface area contributed by atoms with E-state index in [1.807, 2.05) is 48.5 Å². The minimum absolute atomic E-state index is 0.622. The van der Waals surface area contributed by atoms with Gasteiger partial charge in [-0.1, -0.05) is 59.8 Å². The van der Waals surface area contributed by atoms with Crippen LogP contribution in [0.5, 0.6) is 0 Å². The van der Waals surface area contributed by atoms with Gasteiger partial charge in [0.1, 0.15) is 9.65 Å². The highest BCUT2D eigenvalue weighted by molar-refractivity contribution is 7.98. The number of thioether (sulfide) groups is 1. The van der Waals surface area contributed by atoms with Gasteiger partial charge < -0.3 is 4.98 Å². The first-order valence-corrected chi connectivity index (χ1v) is 10.2. The number of thiazole rings is 1. The minimum Gasteiger partial charge on any atom is -0.334 e. The Morgan fingerprint density at radius 2 is 1.88 bits per heavy atom. The summed E-state index contributed by atoms with van der Waals surface area (Å²) in [4.78, 5) is 12.5. The molecule has 3 nitrogen and oxygen atoms in total. The Labute approximate surface area is 163 Å². The van der Waals surface area contributed by atoms with Crippen molar-refractivity contribution in [3.8, 4) is 10.6 Å². The average molecular weight is 402 g/mol. The van der Waals surface area contributed by atoms with Crippen LogP contribution in [0.4, 0.5) is 0 Å². The highest BCUT2D eigenvalue weighted by Crippen LogP contribution is 2.28. The molecular weight excluding hydrogens is 390 g/mol. The molecule has 4 aromatic rings. The number of halogens is 1. The van der Waals surface area contributed by atoms with Crippen molar-refractivity contribution >= 4 is 57.8 Å². The van der Waals surface area contributed by atoms with Crippen LogP contribution in [-0.2, 0) is 5.75 Å². The second kappa shape index (κ2) is 7.25. The predicted octanol–water partition coefficient (Wildman–Crippen LogP) is 6.36. The van der Waals surface area contributed by atoms with Gasteiger partial charge in [0.15, 0.2) is 5.16 Å². The van der Waals surface area contributed by atoms with Crippen molar-refractivity contribution in [2.45, 2.75) is 10.9 Å². The number of nitrogens with one attached hydrogen (secondary N) is 1. The van der Waals surface area contributed by atoms with Gasteiger partial charge in [0.25, 0.3) is 0 Å². The fraction of sp³-hybridized carbons (Fsp3) is 0.0556. The molecule has 0 spiro atoms. The van der Waals surface area contributed by atoms with Crippen molar-refractivity contribution in [1.82, 2.24) is 15.0 Å². The molecule has 25 heavy (non-hydrogen) atoms. The number of rotatable bonds is 4. The van der Waals surface area contributed by atoms with Gasteiger partial charge >= 0.3 is 0 Å². The lowest BCUT2D eigenvalue weighted by atomic mass is 10.2. The number of para-hydroxylation sites is 1. The summed E-state index contributed by atoms with van der Waals surface area (Å²) in [7, 11) is 0. The fourth-order valence-electron chi connectivity index (χ4n) is 2.38. The number of aromatic nitrogens is 3. The van der Waals surface area contributed by atoms with E-state index >= 15 is 0 Å². The van der Waals surface area contributed by atoms with Crippen LogP contribution in [0.2, 0.25) is 5.02 Å². The average Bonchev–Trinajstić information content (AvgIpc) is 3.10. The zero-order chi connectivity index (χ0) is 17.2. The van der Waals surface area contributed by atoms with E-state index in [2.05, 4.69) is 15.3 Å². The maximum absolute atomic E-state index is 5.94. The van der Waals surface area contributed by atoms with Gasteiger partial charge in [0, 0.05) is 27.1 Å². The van der Waals surface area contributed by atoms with Crippen molar-refractivity contribution in [1.29, 1.82) is 0 Å². The number of fused-ring (bicyclic) bond motifs is 1. The summed E-state index contributed by atoms with van der Waals surface area (Å²) in [6.07, 6.45) is 0. The Morgan fingerprint density at radius 1 is 1.08 bits per heavy atom. The van der Waals surface area contributed by atoms with E-state index < -0.39 is 0 Å². The van der Waals surface area contributed by atoms with Crippen LogP contribution in [-0.4, -0.2) is 15.0 Å². The van der Waals surface area contributed by atoms with Crippen LogP contribution >= 0.6 is 46.9 Å². The molecule has 0 aliphatic rings. The summed E-state index contributed by atoms with van der Waals surface area (Å²) in [5, 5.41) is 5.58. The fourth-order valence-corrected chi connectivity index (χ4v) is 4.54. The van der Waals surface area contributed by atoms with Gasteiger partial charge in [-0.05, 0) is 24.3 Å². The summed E-state index contributed by atoms with van der Waals surface area (Å²) in [5.74, 6) is 0.737. The van der Waals surface area contributed by atoms with Crippen LogP contribution < -0.4 is 0 Å². The summed E-state index contributed by atoms with van der Waals surface area (Å²) in [6.45, 7) is 0. The van der Waals surface area contributed by atoms with Crippen molar-refractivity contribution in [2.24, 2.45) is 0 Å². The molecule has 2 aromatic heterocycles. The Morgan fingerprint density at radius 3 is 2.72 bits per heavy atom. The number of benzene rings is 2. The first-order valence-electron chi connectivity index (χ1n) is 7.51. The van der Waals surface area contributed by atoms with E-state index in [9.17, 15) is 0 Å². The third-order valence-electron chi connectivity index (χ3n) is 3.60. The number of aromatic amines is 1. The first-order chi connectivity index (χ1) is 12.2. The van der Waals surface area contributed by atoms with Gasteiger partial charge in [-0.15, -0.1) is 11.3 Å². The normalized spacial score (nSPS) is 11.1. The number of nitrogens with zero attached hydrogens (tertiary/aromatic N) is 2. The van der Waals surface area contributed by atoms with Crippen LogP contribution in [0.15, 0.2) is 59.1 Å². The third-order valence-corrected chi connectivity index (χ3v) is 6.01.